The number of fused-ring (bicyclic) bond motifs is 1. The first-order valence-corrected chi connectivity index (χ1v) is 10.4. The molecule has 0 amide bonds. The van der Waals surface area contributed by atoms with Crippen LogP contribution in [0.1, 0.15) is 0 Å². The van der Waals surface area contributed by atoms with Crippen molar-refractivity contribution < 1.29 is 0 Å². The lowest BCUT2D eigenvalue weighted by atomic mass is 9.98. The molecule has 0 radical (unpaired) electrons. The number of halogens is 3. The molecule has 0 N–H and O–H groups in total. The number of pyridine rings is 1. The Bertz CT molecular complexity index is 1360. The van der Waals surface area contributed by atoms with E-state index in [4.69, 9.17) is 39.8 Å². The summed E-state index contributed by atoms with van der Waals surface area (Å²) in [6.45, 7) is 0. The van der Waals surface area contributed by atoms with E-state index in [0.717, 1.165) is 39.1 Å². The Morgan fingerprint density at radius 2 is 1.43 bits per heavy atom. The molecule has 0 saturated heterocycles. The Morgan fingerprint density at radius 1 is 0.700 bits per heavy atom. The van der Waals surface area contributed by atoms with Crippen LogP contribution in [0.4, 0.5) is 0 Å². The minimum atomic E-state index is 0.537. The Labute approximate surface area is 188 Å². The number of hydrogen-bond acceptors (Lipinski definition) is 2. The summed E-state index contributed by atoms with van der Waals surface area (Å²) in [7, 11) is 0. The van der Waals surface area contributed by atoms with Crippen molar-refractivity contribution in [2.75, 3.05) is 0 Å². The second-order valence-corrected chi connectivity index (χ2v) is 8.10. The van der Waals surface area contributed by atoms with Crippen LogP contribution in [0.3, 0.4) is 0 Å². The maximum absolute atomic E-state index is 6.56. The second kappa shape index (κ2) is 7.77. The largest absolute Gasteiger partial charge is 0.227 e. The van der Waals surface area contributed by atoms with Crippen LogP contribution < -0.4 is 0 Å². The third-order valence-electron chi connectivity index (χ3n) is 4.89. The predicted octanol–water partition coefficient (Wildman–Crippen LogP) is 7.71. The number of hydrogen-bond donors (Lipinski definition) is 0. The lowest BCUT2D eigenvalue weighted by Gasteiger charge is -2.13. The quantitative estimate of drug-likeness (QED) is 0.282. The average molecular weight is 451 g/mol. The van der Waals surface area contributed by atoms with E-state index in [1.54, 1.807) is 6.07 Å². The first-order chi connectivity index (χ1) is 14.6. The van der Waals surface area contributed by atoms with Gasteiger partial charge in [0, 0.05) is 26.6 Å². The van der Waals surface area contributed by atoms with Crippen LogP contribution in [0.15, 0.2) is 85.1 Å². The Balaban J connectivity index is 1.81. The molecule has 5 rings (SSSR count). The van der Waals surface area contributed by atoms with E-state index in [0.29, 0.717) is 15.1 Å². The van der Waals surface area contributed by atoms with Gasteiger partial charge in [0.1, 0.15) is 0 Å². The summed E-state index contributed by atoms with van der Waals surface area (Å²) in [6.07, 6.45) is 1.82. The van der Waals surface area contributed by atoms with Crippen molar-refractivity contribution in [2.45, 2.75) is 0 Å². The fraction of sp³-hybridized carbons (Fsp3) is 0. The summed E-state index contributed by atoms with van der Waals surface area (Å²) < 4.78 is 1.83. The summed E-state index contributed by atoms with van der Waals surface area (Å²) in [5.41, 5.74) is 5.17. The van der Waals surface area contributed by atoms with Crippen LogP contribution >= 0.6 is 34.8 Å². The first kappa shape index (κ1) is 19.1. The SMILES string of the molecule is Clc1ccc(-c2cc3cnn(-c4ccccc4)c3nc2-c2ccc(Cl)cc2Cl)cc1. The van der Waals surface area contributed by atoms with Gasteiger partial charge in [-0.1, -0.05) is 65.1 Å². The molecule has 0 saturated carbocycles. The summed E-state index contributed by atoms with van der Waals surface area (Å²) in [4.78, 5) is 5.01. The highest BCUT2D eigenvalue weighted by molar-refractivity contribution is 6.36. The van der Waals surface area contributed by atoms with Gasteiger partial charge in [-0.3, -0.25) is 0 Å². The zero-order valence-electron chi connectivity index (χ0n) is 15.6. The molecule has 5 aromatic rings. The zero-order chi connectivity index (χ0) is 20.7. The molecule has 0 aliphatic carbocycles. The van der Waals surface area contributed by atoms with Gasteiger partial charge in [0.25, 0.3) is 0 Å². The number of benzene rings is 3. The van der Waals surface area contributed by atoms with Crippen molar-refractivity contribution in [1.82, 2.24) is 14.8 Å². The minimum Gasteiger partial charge on any atom is -0.227 e. The van der Waals surface area contributed by atoms with Crippen molar-refractivity contribution in [3.05, 3.63) is 100 Å². The van der Waals surface area contributed by atoms with Crippen molar-refractivity contribution in [2.24, 2.45) is 0 Å². The van der Waals surface area contributed by atoms with Crippen LogP contribution in [-0.4, -0.2) is 14.8 Å². The van der Waals surface area contributed by atoms with Crippen molar-refractivity contribution >= 4 is 45.8 Å². The van der Waals surface area contributed by atoms with Gasteiger partial charge in [0.15, 0.2) is 5.65 Å². The minimum absolute atomic E-state index is 0.537. The van der Waals surface area contributed by atoms with Crippen LogP contribution in [-0.2, 0) is 0 Å². The molecule has 0 unspecified atom stereocenters. The lowest BCUT2D eigenvalue weighted by molar-refractivity contribution is 0.898. The van der Waals surface area contributed by atoms with E-state index in [-0.39, 0.29) is 0 Å². The van der Waals surface area contributed by atoms with Gasteiger partial charge < -0.3 is 0 Å². The fourth-order valence-corrected chi connectivity index (χ4v) is 4.08. The fourth-order valence-electron chi connectivity index (χ4n) is 3.45. The standard InChI is InChI=1S/C24H14Cl3N3/c25-17-8-6-15(7-9-17)21-12-16-14-28-30(19-4-2-1-3-5-19)24(16)29-23(21)20-11-10-18(26)13-22(20)27/h1-14H. The van der Waals surface area contributed by atoms with Crippen molar-refractivity contribution in [1.29, 1.82) is 0 Å². The Morgan fingerprint density at radius 3 is 2.17 bits per heavy atom. The summed E-state index contributed by atoms with van der Waals surface area (Å²) >= 11 is 18.8. The third-order valence-corrected chi connectivity index (χ3v) is 5.69. The van der Waals surface area contributed by atoms with Gasteiger partial charge >= 0.3 is 0 Å². The molecule has 146 valence electrons. The molecule has 6 heteroatoms. The van der Waals surface area contributed by atoms with Crippen LogP contribution in [0.2, 0.25) is 15.1 Å². The van der Waals surface area contributed by atoms with Crippen LogP contribution in [0.5, 0.6) is 0 Å². The van der Waals surface area contributed by atoms with Gasteiger partial charge in [0.2, 0.25) is 0 Å². The van der Waals surface area contributed by atoms with E-state index in [1.165, 1.54) is 0 Å². The molecule has 0 fully saturated rings. The highest BCUT2D eigenvalue weighted by Crippen LogP contribution is 2.38. The maximum atomic E-state index is 6.56. The molecule has 0 atom stereocenters. The normalized spacial score (nSPS) is 11.2. The molecule has 3 aromatic carbocycles. The third kappa shape index (κ3) is 3.46. The monoisotopic (exact) mass is 449 g/mol. The van der Waals surface area contributed by atoms with E-state index >= 15 is 0 Å². The first-order valence-electron chi connectivity index (χ1n) is 9.26. The molecule has 0 aliphatic heterocycles. The molecule has 3 nitrogen and oxygen atoms in total. The second-order valence-electron chi connectivity index (χ2n) is 6.82. The van der Waals surface area contributed by atoms with Gasteiger partial charge in [-0.25, -0.2) is 9.67 Å². The highest BCUT2D eigenvalue weighted by atomic mass is 35.5. The average Bonchev–Trinajstić information content (AvgIpc) is 3.17. The predicted molar refractivity (Wildman–Crippen MR) is 125 cm³/mol. The van der Waals surface area contributed by atoms with E-state index < -0.39 is 0 Å². The van der Waals surface area contributed by atoms with Crippen molar-refractivity contribution in [3.63, 3.8) is 0 Å². The lowest BCUT2D eigenvalue weighted by Crippen LogP contribution is -1.99. The number of nitrogens with zero attached hydrogens (tertiary/aromatic N) is 3. The molecule has 0 aliphatic rings. The van der Waals surface area contributed by atoms with Crippen LogP contribution in [0.25, 0.3) is 39.1 Å². The van der Waals surface area contributed by atoms with E-state index in [9.17, 15) is 0 Å². The zero-order valence-corrected chi connectivity index (χ0v) is 17.8. The number of para-hydroxylation sites is 1. The van der Waals surface area contributed by atoms with E-state index in [1.807, 2.05) is 77.6 Å². The molecule has 2 heterocycles. The summed E-state index contributed by atoms with van der Waals surface area (Å²) in [5.74, 6) is 0. The molecule has 2 aromatic heterocycles. The summed E-state index contributed by atoms with van der Waals surface area (Å²) in [5, 5.41) is 7.28. The number of rotatable bonds is 3. The Hall–Kier alpha value is -2.85. The number of aromatic nitrogens is 3. The van der Waals surface area contributed by atoms with Gasteiger partial charge in [-0.2, -0.15) is 5.10 Å². The highest BCUT2D eigenvalue weighted by Gasteiger charge is 2.17. The van der Waals surface area contributed by atoms with Crippen molar-refractivity contribution in [3.8, 4) is 28.1 Å². The molecular weight excluding hydrogens is 437 g/mol. The summed E-state index contributed by atoms with van der Waals surface area (Å²) in [6, 6.07) is 25.1. The Kier molecular flexibility index (Phi) is 4.95. The van der Waals surface area contributed by atoms with Gasteiger partial charge in [-0.15, -0.1) is 0 Å². The molecule has 0 spiro atoms. The van der Waals surface area contributed by atoms with Gasteiger partial charge in [-0.05, 0) is 54.1 Å². The van der Waals surface area contributed by atoms with E-state index in [2.05, 4.69) is 11.2 Å². The topological polar surface area (TPSA) is 30.7 Å². The van der Waals surface area contributed by atoms with Crippen LogP contribution in [0, 0.1) is 0 Å². The van der Waals surface area contributed by atoms with Gasteiger partial charge in [0.05, 0.1) is 22.6 Å². The molecule has 30 heavy (non-hydrogen) atoms. The maximum Gasteiger partial charge on any atom is 0.163 e. The molecule has 0 bridgehead atoms. The molecular formula is C24H14Cl3N3. The smallest absolute Gasteiger partial charge is 0.163 e.